The Hall–Kier alpha value is -1.91. The number of nitrogens with one attached hydrogen (secondary N) is 1. The summed E-state index contributed by atoms with van der Waals surface area (Å²) in [4.78, 5) is 16.0. The zero-order valence-corrected chi connectivity index (χ0v) is 10.6. The fourth-order valence-electron chi connectivity index (χ4n) is 1.30. The van der Waals surface area contributed by atoms with Crippen molar-refractivity contribution >= 4 is 12.2 Å². The molecule has 0 spiro atoms. The predicted octanol–water partition coefficient (Wildman–Crippen LogP) is 2.12. The van der Waals surface area contributed by atoms with Crippen molar-refractivity contribution in [1.82, 2.24) is 10.2 Å². The van der Waals surface area contributed by atoms with Crippen molar-refractivity contribution in [2.75, 3.05) is 6.61 Å². The molecule has 0 radical (unpaired) electrons. The molecule has 0 bridgehead atoms. The quantitative estimate of drug-likeness (QED) is 0.332. The number of ether oxygens (including phenoxy) is 1. The number of H-pyrrole nitrogens is 1. The van der Waals surface area contributed by atoms with Crippen LogP contribution in [-0.4, -0.2) is 35.0 Å². The zero-order valence-electron chi connectivity index (χ0n) is 10.6. The minimum atomic E-state index is -0.525. The summed E-state index contributed by atoms with van der Waals surface area (Å²) >= 11 is 0. The van der Waals surface area contributed by atoms with E-state index in [4.69, 9.17) is 4.74 Å². The minimum Gasteiger partial charge on any atom is -0.464 e. The van der Waals surface area contributed by atoms with Crippen LogP contribution < -0.4 is 0 Å². The Labute approximate surface area is 107 Å². The second kappa shape index (κ2) is 8.22. The highest BCUT2D eigenvalue weighted by Crippen LogP contribution is 2.03. The van der Waals surface area contributed by atoms with Crippen molar-refractivity contribution in [3.8, 4) is 0 Å². The Bertz CT molecular complexity index is 385. The van der Waals surface area contributed by atoms with E-state index in [1.54, 1.807) is 24.6 Å². The first-order valence-corrected chi connectivity index (χ1v) is 6.08. The van der Waals surface area contributed by atoms with Crippen molar-refractivity contribution in [2.24, 2.45) is 4.99 Å². The van der Waals surface area contributed by atoms with Gasteiger partial charge in [-0.1, -0.05) is 19.4 Å². The van der Waals surface area contributed by atoms with Crippen molar-refractivity contribution in [3.63, 3.8) is 0 Å². The molecule has 1 aromatic rings. The molecule has 0 aromatic carbocycles. The molecule has 0 aliphatic rings. The number of unbranched alkanes of at least 4 members (excludes halogenated alkanes) is 1. The van der Waals surface area contributed by atoms with Crippen LogP contribution in [0.5, 0.6) is 0 Å². The van der Waals surface area contributed by atoms with Gasteiger partial charge in [0.15, 0.2) is 6.04 Å². The molecule has 0 fully saturated rings. The summed E-state index contributed by atoms with van der Waals surface area (Å²) in [7, 11) is 0. The van der Waals surface area contributed by atoms with E-state index in [9.17, 15) is 4.79 Å². The zero-order chi connectivity index (χ0) is 13.2. The smallest absolute Gasteiger partial charge is 0.331 e. The molecule has 1 atom stereocenters. The minimum absolute atomic E-state index is 0.306. The summed E-state index contributed by atoms with van der Waals surface area (Å²) in [6.07, 6.45) is 7.21. The van der Waals surface area contributed by atoms with Gasteiger partial charge in [0.1, 0.15) is 0 Å². The lowest BCUT2D eigenvalue weighted by molar-refractivity contribution is -0.145. The van der Waals surface area contributed by atoms with Gasteiger partial charge in [-0.2, -0.15) is 5.10 Å². The van der Waals surface area contributed by atoms with E-state index in [2.05, 4.69) is 21.8 Å². The number of carbonyl (C=O) groups excluding carboxylic acids is 1. The van der Waals surface area contributed by atoms with Crippen LogP contribution in [0.25, 0.3) is 0 Å². The molecule has 1 aromatic heterocycles. The Kier molecular flexibility index (Phi) is 6.46. The van der Waals surface area contributed by atoms with Gasteiger partial charge in [-0.15, -0.1) is 6.58 Å². The van der Waals surface area contributed by atoms with Crippen LogP contribution in [0.2, 0.25) is 0 Å². The maximum Gasteiger partial charge on any atom is 0.331 e. The molecule has 18 heavy (non-hydrogen) atoms. The largest absolute Gasteiger partial charge is 0.464 e. The number of hydrogen-bond acceptors (Lipinski definition) is 4. The Morgan fingerprint density at radius 3 is 3.17 bits per heavy atom. The molecule has 5 heteroatoms. The van der Waals surface area contributed by atoms with E-state index in [0.29, 0.717) is 13.0 Å². The first-order valence-electron chi connectivity index (χ1n) is 6.08. The molecule has 0 saturated heterocycles. The van der Waals surface area contributed by atoms with Gasteiger partial charge < -0.3 is 4.74 Å². The lowest BCUT2D eigenvalue weighted by Crippen LogP contribution is -2.21. The number of rotatable bonds is 8. The summed E-state index contributed by atoms with van der Waals surface area (Å²) in [5.41, 5.74) is 0.755. The highest BCUT2D eigenvalue weighted by Gasteiger charge is 2.16. The van der Waals surface area contributed by atoms with Crippen LogP contribution in [0.15, 0.2) is 29.9 Å². The molecule has 98 valence electrons. The van der Waals surface area contributed by atoms with E-state index >= 15 is 0 Å². The van der Waals surface area contributed by atoms with Gasteiger partial charge in [-0.3, -0.25) is 10.1 Å². The molecule has 1 unspecified atom stereocenters. The summed E-state index contributed by atoms with van der Waals surface area (Å²) in [5, 5.41) is 6.55. The van der Waals surface area contributed by atoms with E-state index < -0.39 is 6.04 Å². The van der Waals surface area contributed by atoms with Crippen molar-refractivity contribution < 1.29 is 9.53 Å². The molecule has 1 rings (SSSR count). The van der Waals surface area contributed by atoms with Gasteiger partial charge in [0.2, 0.25) is 0 Å². The molecule has 0 aliphatic carbocycles. The van der Waals surface area contributed by atoms with Crippen molar-refractivity contribution in [2.45, 2.75) is 32.2 Å². The van der Waals surface area contributed by atoms with Crippen LogP contribution in [-0.2, 0) is 9.53 Å². The monoisotopic (exact) mass is 249 g/mol. The van der Waals surface area contributed by atoms with E-state index in [1.165, 1.54) is 0 Å². The second-order valence-corrected chi connectivity index (χ2v) is 3.85. The highest BCUT2D eigenvalue weighted by atomic mass is 16.5. The Morgan fingerprint density at radius 2 is 2.56 bits per heavy atom. The number of aromatic nitrogens is 2. The van der Waals surface area contributed by atoms with Crippen LogP contribution >= 0.6 is 0 Å². The maximum absolute atomic E-state index is 11.8. The molecular formula is C13H19N3O2. The Morgan fingerprint density at radius 1 is 1.72 bits per heavy atom. The summed E-state index contributed by atoms with van der Waals surface area (Å²) in [6, 6.07) is 1.25. The number of aromatic amines is 1. The van der Waals surface area contributed by atoms with Crippen molar-refractivity contribution in [3.05, 3.63) is 30.6 Å². The first kappa shape index (κ1) is 14.2. The second-order valence-electron chi connectivity index (χ2n) is 3.85. The van der Waals surface area contributed by atoms with Gasteiger partial charge in [-0.05, 0) is 18.9 Å². The summed E-state index contributed by atoms with van der Waals surface area (Å²) in [6.45, 7) is 6.12. The number of nitrogens with zero attached hydrogens (tertiary/aromatic N) is 2. The Balaban J connectivity index is 2.53. The number of esters is 1. The van der Waals surface area contributed by atoms with E-state index in [0.717, 1.165) is 18.5 Å². The average Bonchev–Trinajstić information content (AvgIpc) is 2.87. The summed E-state index contributed by atoms with van der Waals surface area (Å²) < 4.78 is 5.14. The molecule has 5 nitrogen and oxygen atoms in total. The topological polar surface area (TPSA) is 67.3 Å². The highest BCUT2D eigenvalue weighted by molar-refractivity contribution is 5.82. The van der Waals surface area contributed by atoms with Gasteiger partial charge in [0, 0.05) is 12.4 Å². The maximum atomic E-state index is 11.8. The molecule has 0 amide bonds. The number of carbonyl (C=O) groups is 1. The van der Waals surface area contributed by atoms with Gasteiger partial charge in [0.25, 0.3) is 0 Å². The van der Waals surface area contributed by atoms with Crippen molar-refractivity contribution in [1.29, 1.82) is 0 Å². The fourth-order valence-corrected chi connectivity index (χ4v) is 1.30. The molecule has 0 saturated carbocycles. The average molecular weight is 249 g/mol. The van der Waals surface area contributed by atoms with Gasteiger partial charge in [-0.25, -0.2) is 4.79 Å². The van der Waals surface area contributed by atoms with E-state index in [1.807, 2.05) is 6.92 Å². The molecular weight excluding hydrogens is 230 g/mol. The summed E-state index contributed by atoms with van der Waals surface area (Å²) in [5.74, 6) is -0.306. The lowest BCUT2D eigenvalue weighted by Gasteiger charge is -2.09. The fraction of sp³-hybridized carbons (Fsp3) is 0.462. The van der Waals surface area contributed by atoms with Crippen LogP contribution in [0.4, 0.5) is 0 Å². The third-order valence-electron chi connectivity index (χ3n) is 2.32. The third kappa shape index (κ3) is 4.95. The van der Waals surface area contributed by atoms with Crippen LogP contribution in [0, 0.1) is 0 Å². The number of aliphatic imine (C=N–C) groups is 1. The number of hydrogen-bond donors (Lipinski definition) is 1. The SMILES string of the molecule is C=CCC(N=Cc1ccn[nH]1)C(=O)OCCCC. The third-order valence-corrected chi connectivity index (χ3v) is 2.32. The molecule has 1 N–H and O–H groups in total. The van der Waals surface area contributed by atoms with Crippen LogP contribution in [0.3, 0.4) is 0 Å². The van der Waals surface area contributed by atoms with E-state index in [-0.39, 0.29) is 5.97 Å². The standard InChI is InChI=1S/C13H19N3O2/c1-3-5-9-18-13(17)12(6-4-2)14-10-11-7-8-15-16-11/h4,7-8,10,12H,2-3,5-6,9H2,1H3,(H,15,16). The lowest BCUT2D eigenvalue weighted by atomic mass is 10.2. The van der Waals surface area contributed by atoms with Gasteiger partial charge in [0.05, 0.1) is 12.3 Å². The van der Waals surface area contributed by atoms with Gasteiger partial charge >= 0.3 is 5.97 Å². The predicted molar refractivity (Wildman–Crippen MR) is 70.7 cm³/mol. The normalized spacial score (nSPS) is 12.5. The molecule has 1 heterocycles. The molecule has 0 aliphatic heterocycles. The van der Waals surface area contributed by atoms with Crippen LogP contribution in [0.1, 0.15) is 31.9 Å². The first-order chi connectivity index (χ1) is 8.77.